The molecule has 0 radical (unpaired) electrons. The molecule has 1 aliphatic heterocycles. The molecule has 0 atom stereocenters. The van der Waals surface area contributed by atoms with Crippen LogP contribution in [0.15, 0.2) is 22.0 Å². The summed E-state index contributed by atoms with van der Waals surface area (Å²) in [4.78, 5) is 0. The van der Waals surface area contributed by atoms with E-state index in [1.54, 1.807) is 0 Å². The van der Waals surface area contributed by atoms with Gasteiger partial charge < -0.3 is 0 Å². The largest absolute Gasteiger partial charge is 0.189 e. The summed E-state index contributed by atoms with van der Waals surface area (Å²) in [7, 11) is 0. The van der Waals surface area contributed by atoms with Gasteiger partial charge in [-0.2, -0.15) is 10.2 Å². The van der Waals surface area contributed by atoms with Gasteiger partial charge in [0.15, 0.2) is 0 Å². The van der Waals surface area contributed by atoms with Crippen molar-refractivity contribution in [3.05, 3.63) is 11.8 Å². The number of hydrogen-bond donors (Lipinski definition) is 0. The average Bonchev–Trinajstić information content (AvgIpc) is 1.94. The highest BCUT2D eigenvalue weighted by molar-refractivity contribution is 4.98. The Labute approximate surface area is 56.7 Å². The molecule has 0 unspecified atom stereocenters. The van der Waals surface area contributed by atoms with Crippen molar-refractivity contribution in [3.8, 4) is 0 Å². The number of azo groups is 1. The molecule has 0 aromatic rings. The van der Waals surface area contributed by atoms with Crippen molar-refractivity contribution in [3.63, 3.8) is 0 Å². The van der Waals surface area contributed by atoms with E-state index in [-0.39, 0.29) is 0 Å². The highest BCUT2D eigenvalue weighted by atomic mass is 15.1. The molecule has 0 saturated heterocycles. The third-order valence-electron chi connectivity index (χ3n) is 0.966. The standard InChI is InChI=1S/C5H8N2.C2H6/c1-5-2-3-6-7-4-5;1-2/h4H,2-3H2,1H3;1-2H3. The fourth-order valence-electron chi connectivity index (χ4n) is 0.488. The van der Waals surface area contributed by atoms with Crippen LogP contribution < -0.4 is 0 Å². The van der Waals surface area contributed by atoms with Crippen LogP contribution in [0.25, 0.3) is 0 Å². The Morgan fingerprint density at radius 1 is 1.44 bits per heavy atom. The summed E-state index contributed by atoms with van der Waals surface area (Å²) >= 11 is 0. The second-order valence-corrected chi connectivity index (χ2v) is 1.71. The number of hydrogen-bond acceptors (Lipinski definition) is 2. The van der Waals surface area contributed by atoms with Crippen LogP contribution >= 0.6 is 0 Å². The van der Waals surface area contributed by atoms with Crippen LogP contribution in [0, 0.1) is 0 Å². The molecular weight excluding hydrogens is 112 g/mol. The smallest absolute Gasteiger partial charge is 0.0640 e. The van der Waals surface area contributed by atoms with E-state index >= 15 is 0 Å². The molecule has 0 bridgehead atoms. The van der Waals surface area contributed by atoms with Gasteiger partial charge in [-0.05, 0) is 13.3 Å². The SMILES string of the molecule is CC.CC1=CN=NCC1. The molecule has 1 heterocycles. The molecule has 1 aliphatic rings. The van der Waals surface area contributed by atoms with Gasteiger partial charge in [0.1, 0.15) is 0 Å². The first-order valence-electron chi connectivity index (χ1n) is 3.42. The van der Waals surface area contributed by atoms with Gasteiger partial charge in [-0.3, -0.25) is 0 Å². The number of rotatable bonds is 0. The number of nitrogens with zero attached hydrogens (tertiary/aromatic N) is 2. The van der Waals surface area contributed by atoms with Crippen molar-refractivity contribution in [2.45, 2.75) is 27.2 Å². The molecule has 0 N–H and O–H groups in total. The van der Waals surface area contributed by atoms with E-state index in [4.69, 9.17) is 0 Å². The quantitative estimate of drug-likeness (QED) is 0.477. The van der Waals surface area contributed by atoms with Gasteiger partial charge in [0.25, 0.3) is 0 Å². The van der Waals surface area contributed by atoms with Crippen LogP contribution in [0.1, 0.15) is 27.2 Å². The average molecular weight is 126 g/mol. The Bertz CT molecular complexity index is 114. The first-order chi connectivity index (χ1) is 4.39. The molecule has 0 amide bonds. The van der Waals surface area contributed by atoms with Gasteiger partial charge in [-0.1, -0.05) is 19.4 Å². The van der Waals surface area contributed by atoms with Crippen LogP contribution in [0.2, 0.25) is 0 Å². The van der Waals surface area contributed by atoms with E-state index in [0.29, 0.717) is 0 Å². The Hall–Kier alpha value is -0.660. The van der Waals surface area contributed by atoms with Crippen LogP contribution in [-0.2, 0) is 0 Å². The molecule has 0 saturated carbocycles. The second-order valence-electron chi connectivity index (χ2n) is 1.71. The predicted molar refractivity (Wildman–Crippen MR) is 39.4 cm³/mol. The summed E-state index contributed by atoms with van der Waals surface area (Å²) in [6.07, 6.45) is 2.90. The fourth-order valence-corrected chi connectivity index (χ4v) is 0.488. The minimum atomic E-state index is 0.877. The van der Waals surface area contributed by atoms with E-state index in [0.717, 1.165) is 13.0 Å². The van der Waals surface area contributed by atoms with Crippen LogP contribution in [0.3, 0.4) is 0 Å². The maximum absolute atomic E-state index is 3.78. The third-order valence-corrected chi connectivity index (χ3v) is 0.966. The molecule has 52 valence electrons. The van der Waals surface area contributed by atoms with Crippen LogP contribution in [-0.4, -0.2) is 6.54 Å². The Morgan fingerprint density at radius 2 is 2.11 bits per heavy atom. The Kier molecular flexibility index (Phi) is 5.07. The van der Waals surface area contributed by atoms with Gasteiger partial charge >= 0.3 is 0 Å². The molecule has 1 rings (SSSR count). The summed E-state index contributed by atoms with van der Waals surface area (Å²) in [6, 6.07) is 0. The lowest BCUT2D eigenvalue weighted by Crippen LogP contribution is -1.84. The maximum atomic E-state index is 3.78. The van der Waals surface area contributed by atoms with Crippen molar-refractivity contribution < 1.29 is 0 Å². The van der Waals surface area contributed by atoms with E-state index in [2.05, 4.69) is 17.2 Å². The molecule has 9 heavy (non-hydrogen) atoms. The molecule has 0 aliphatic carbocycles. The summed E-state index contributed by atoms with van der Waals surface area (Å²) < 4.78 is 0. The fraction of sp³-hybridized carbons (Fsp3) is 0.714. The van der Waals surface area contributed by atoms with Gasteiger partial charge in [-0.15, -0.1) is 0 Å². The maximum Gasteiger partial charge on any atom is 0.0640 e. The topological polar surface area (TPSA) is 24.7 Å². The van der Waals surface area contributed by atoms with Gasteiger partial charge in [0, 0.05) is 6.20 Å². The predicted octanol–water partition coefficient (Wildman–Crippen LogP) is 2.77. The highest BCUT2D eigenvalue weighted by Crippen LogP contribution is 2.04. The van der Waals surface area contributed by atoms with E-state index in [1.807, 2.05) is 20.0 Å². The van der Waals surface area contributed by atoms with Crippen LogP contribution in [0.5, 0.6) is 0 Å². The summed E-state index contributed by atoms with van der Waals surface area (Å²) in [5.41, 5.74) is 1.33. The van der Waals surface area contributed by atoms with E-state index in [9.17, 15) is 0 Å². The first-order valence-corrected chi connectivity index (χ1v) is 3.42. The van der Waals surface area contributed by atoms with Gasteiger partial charge in [0.05, 0.1) is 6.54 Å². The van der Waals surface area contributed by atoms with Gasteiger partial charge in [0.2, 0.25) is 0 Å². The Morgan fingerprint density at radius 3 is 2.33 bits per heavy atom. The zero-order valence-corrected chi connectivity index (χ0v) is 6.39. The zero-order chi connectivity index (χ0) is 7.11. The monoisotopic (exact) mass is 126 g/mol. The van der Waals surface area contributed by atoms with Crippen molar-refractivity contribution in [2.75, 3.05) is 6.54 Å². The molecule has 0 spiro atoms. The molecule has 2 heteroatoms. The lowest BCUT2D eigenvalue weighted by atomic mass is 10.2. The molecular formula is C7H14N2. The zero-order valence-electron chi connectivity index (χ0n) is 6.39. The van der Waals surface area contributed by atoms with Crippen molar-refractivity contribution in [1.29, 1.82) is 0 Å². The minimum absolute atomic E-state index is 0.877. The van der Waals surface area contributed by atoms with Crippen LogP contribution in [0.4, 0.5) is 0 Å². The highest BCUT2D eigenvalue weighted by Gasteiger charge is 1.90. The minimum Gasteiger partial charge on any atom is -0.189 e. The molecule has 0 aromatic carbocycles. The summed E-state index contributed by atoms with van der Waals surface area (Å²) in [5, 5.41) is 7.50. The first kappa shape index (κ1) is 8.34. The second kappa shape index (κ2) is 5.48. The Balaban J connectivity index is 0.000000291. The van der Waals surface area contributed by atoms with E-state index in [1.165, 1.54) is 5.57 Å². The van der Waals surface area contributed by atoms with Crippen molar-refractivity contribution in [1.82, 2.24) is 0 Å². The summed E-state index contributed by atoms with van der Waals surface area (Å²) in [6.45, 7) is 6.94. The molecule has 0 aromatic heterocycles. The normalized spacial score (nSPS) is 15.7. The van der Waals surface area contributed by atoms with Crippen molar-refractivity contribution >= 4 is 0 Å². The summed E-state index contributed by atoms with van der Waals surface area (Å²) in [5.74, 6) is 0. The van der Waals surface area contributed by atoms with E-state index < -0.39 is 0 Å². The van der Waals surface area contributed by atoms with Crippen molar-refractivity contribution in [2.24, 2.45) is 10.2 Å². The van der Waals surface area contributed by atoms with Gasteiger partial charge in [-0.25, -0.2) is 0 Å². The molecule has 2 nitrogen and oxygen atoms in total. The molecule has 0 fully saturated rings. The lowest BCUT2D eigenvalue weighted by molar-refractivity contribution is 0.845. The third kappa shape index (κ3) is 3.88. The lowest BCUT2D eigenvalue weighted by Gasteiger charge is -1.97.